The summed E-state index contributed by atoms with van der Waals surface area (Å²) in [4.78, 5) is 28.6. The van der Waals surface area contributed by atoms with E-state index in [9.17, 15) is 9.59 Å². The summed E-state index contributed by atoms with van der Waals surface area (Å²) in [5.41, 5.74) is 3.32. The second kappa shape index (κ2) is 9.43. The van der Waals surface area contributed by atoms with Crippen LogP contribution in [0.1, 0.15) is 30.1 Å². The second-order valence-corrected chi connectivity index (χ2v) is 7.36. The van der Waals surface area contributed by atoms with Crippen LogP contribution in [0.3, 0.4) is 0 Å². The summed E-state index contributed by atoms with van der Waals surface area (Å²) >= 11 is 1.46. The van der Waals surface area contributed by atoms with Gasteiger partial charge in [0, 0.05) is 25.6 Å². The molecule has 0 aliphatic heterocycles. The molecule has 28 heavy (non-hydrogen) atoms. The van der Waals surface area contributed by atoms with Gasteiger partial charge in [-0.3, -0.25) is 9.59 Å². The third-order valence-corrected chi connectivity index (χ3v) is 5.11. The van der Waals surface area contributed by atoms with Crippen LogP contribution in [0.2, 0.25) is 0 Å². The Morgan fingerprint density at radius 3 is 2.75 bits per heavy atom. The highest BCUT2D eigenvalue weighted by atomic mass is 32.1. The van der Waals surface area contributed by atoms with Crippen molar-refractivity contribution in [2.45, 2.75) is 19.8 Å². The maximum Gasteiger partial charge on any atom is 0.251 e. The number of hydrogen-bond acceptors (Lipinski definition) is 5. The Morgan fingerprint density at radius 1 is 1.14 bits per heavy atom. The van der Waals surface area contributed by atoms with E-state index in [1.54, 1.807) is 13.2 Å². The molecule has 0 saturated carbocycles. The fourth-order valence-electron chi connectivity index (χ4n) is 2.78. The molecule has 6 nitrogen and oxygen atoms in total. The van der Waals surface area contributed by atoms with Gasteiger partial charge in [-0.1, -0.05) is 36.5 Å². The lowest BCUT2D eigenvalue weighted by Gasteiger charge is -2.07. The van der Waals surface area contributed by atoms with Gasteiger partial charge in [0.1, 0.15) is 0 Å². The van der Waals surface area contributed by atoms with Gasteiger partial charge in [-0.25, -0.2) is 4.98 Å². The van der Waals surface area contributed by atoms with Gasteiger partial charge in [0.15, 0.2) is 5.13 Å². The van der Waals surface area contributed by atoms with E-state index in [1.807, 2.05) is 43.3 Å². The molecule has 0 bridgehead atoms. The molecule has 0 unspecified atom stereocenters. The third kappa shape index (κ3) is 4.94. The summed E-state index contributed by atoms with van der Waals surface area (Å²) < 4.78 is 5.96. The number of fused-ring (bicyclic) bond motifs is 1. The van der Waals surface area contributed by atoms with Crippen molar-refractivity contribution in [3.63, 3.8) is 0 Å². The smallest absolute Gasteiger partial charge is 0.251 e. The number of methoxy groups -OCH3 is 1. The standard InChI is InChI=1S/C21H23N3O3S/c1-3-5-19(25)24-21-23-17-13-15(8-9-18(17)28-21)14-6-4-7-16(12-14)20(26)22-10-11-27-2/h4,6-9,12-13H,3,5,10-11H2,1-2H3,(H,22,26)(H,23,24,25). The molecule has 1 heterocycles. The van der Waals surface area contributed by atoms with Crippen molar-refractivity contribution in [3.05, 3.63) is 48.0 Å². The predicted molar refractivity (Wildman–Crippen MR) is 113 cm³/mol. The highest BCUT2D eigenvalue weighted by Gasteiger charge is 2.10. The Bertz CT molecular complexity index is 984. The molecule has 0 spiro atoms. The van der Waals surface area contributed by atoms with Crippen LogP contribution in [0.5, 0.6) is 0 Å². The highest BCUT2D eigenvalue weighted by Crippen LogP contribution is 2.30. The third-order valence-electron chi connectivity index (χ3n) is 4.16. The lowest BCUT2D eigenvalue weighted by atomic mass is 10.0. The van der Waals surface area contributed by atoms with E-state index < -0.39 is 0 Å². The van der Waals surface area contributed by atoms with Gasteiger partial charge >= 0.3 is 0 Å². The molecule has 146 valence electrons. The van der Waals surface area contributed by atoms with Crippen molar-refractivity contribution < 1.29 is 14.3 Å². The zero-order valence-electron chi connectivity index (χ0n) is 16.0. The van der Waals surface area contributed by atoms with E-state index in [0.29, 0.717) is 30.3 Å². The van der Waals surface area contributed by atoms with Crippen molar-refractivity contribution in [1.82, 2.24) is 10.3 Å². The van der Waals surface area contributed by atoms with E-state index in [1.165, 1.54) is 11.3 Å². The first kappa shape index (κ1) is 20.0. The first-order chi connectivity index (χ1) is 13.6. The first-order valence-electron chi connectivity index (χ1n) is 9.18. The fourth-order valence-corrected chi connectivity index (χ4v) is 3.64. The maximum absolute atomic E-state index is 12.3. The predicted octanol–water partition coefficient (Wildman–Crippen LogP) is 4.08. The van der Waals surface area contributed by atoms with Crippen molar-refractivity contribution in [1.29, 1.82) is 0 Å². The number of anilines is 1. The van der Waals surface area contributed by atoms with Crippen LogP contribution in [-0.4, -0.2) is 37.1 Å². The summed E-state index contributed by atoms with van der Waals surface area (Å²) in [5, 5.41) is 6.28. The van der Waals surface area contributed by atoms with E-state index >= 15 is 0 Å². The molecule has 2 N–H and O–H groups in total. The Labute approximate surface area is 167 Å². The number of nitrogens with one attached hydrogen (secondary N) is 2. The van der Waals surface area contributed by atoms with Crippen molar-refractivity contribution in [2.24, 2.45) is 0 Å². The van der Waals surface area contributed by atoms with Crippen molar-refractivity contribution >= 4 is 38.5 Å². The monoisotopic (exact) mass is 397 g/mol. The molecule has 1 aromatic heterocycles. The zero-order valence-corrected chi connectivity index (χ0v) is 16.8. The van der Waals surface area contributed by atoms with Gasteiger partial charge in [0.05, 0.1) is 16.8 Å². The van der Waals surface area contributed by atoms with Crippen molar-refractivity contribution in [2.75, 3.05) is 25.6 Å². The molecule has 0 fully saturated rings. The minimum atomic E-state index is -0.130. The topological polar surface area (TPSA) is 80.3 Å². The van der Waals surface area contributed by atoms with Crippen LogP contribution < -0.4 is 10.6 Å². The Morgan fingerprint density at radius 2 is 1.96 bits per heavy atom. The summed E-state index contributed by atoms with van der Waals surface area (Å²) in [6.07, 6.45) is 1.29. The van der Waals surface area contributed by atoms with Gasteiger partial charge < -0.3 is 15.4 Å². The SMILES string of the molecule is CCCC(=O)Nc1nc2cc(-c3cccc(C(=O)NCCOC)c3)ccc2s1. The molecular formula is C21H23N3O3S. The van der Waals surface area contributed by atoms with E-state index in [-0.39, 0.29) is 11.8 Å². The summed E-state index contributed by atoms with van der Waals surface area (Å²) in [7, 11) is 1.60. The lowest BCUT2D eigenvalue weighted by molar-refractivity contribution is -0.116. The van der Waals surface area contributed by atoms with Gasteiger partial charge in [0.25, 0.3) is 5.91 Å². The number of carbonyl (C=O) groups is 2. The number of nitrogens with zero attached hydrogens (tertiary/aromatic N) is 1. The molecule has 0 aliphatic rings. The fraction of sp³-hybridized carbons (Fsp3) is 0.286. The van der Waals surface area contributed by atoms with Crippen molar-refractivity contribution in [3.8, 4) is 11.1 Å². The number of amides is 2. The van der Waals surface area contributed by atoms with Crippen LogP contribution in [-0.2, 0) is 9.53 Å². The number of ether oxygens (including phenoxy) is 1. The number of carbonyl (C=O) groups excluding carboxylic acids is 2. The molecule has 0 radical (unpaired) electrons. The molecule has 3 aromatic rings. The second-order valence-electron chi connectivity index (χ2n) is 6.33. The molecule has 3 rings (SSSR count). The highest BCUT2D eigenvalue weighted by molar-refractivity contribution is 7.22. The molecule has 7 heteroatoms. The normalized spacial score (nSPS) is 10.8. The minimum absolute atomic E-state index is 0.0195. The Kier molecular flexibility index (Phi) is 6.73. The van der Waals surface area contributed by atoms with Crippen LogP contribution in [0.15, 0.2) is 42.5 Å². The van der Waals surface area contributed by atoms with Crippen LogP contribution in [0.25, 0.3) is 21.3 Å². The number of hydrogen-bond donors (Lipinski definition) is 2. The van der Waals surface area contributed by atoms with Crippen LogP contribution in [0.4, 0.5) is 5.13 Å². The summed E-state index contributed by atoms with van der Waals surface area (Å²) in [6, 6.07) is 13.4. The average molecular weight is 398 g/mol. The van der Waals surface area contributed by atoms with Gasteiger partial charge in [-0.15, -0.1) is 0 Å². The van der Waals surface area contributed by atoms with Gasteiger partial charge in [-0.05, 0) is 41.8 Å². The lowest BCUT2D eigenvalue weighted by Crippen LogP contribution is -2.26. The van der Waals surface area contributed by atoms with Gasteiger partial charge in [0.2, 0.25) is 5.91 Å². The molecule has 2 amide bonds. The first-order valence-corrected chi connectivity index (χ1v) is 10.0. The summed E-state index contributed by atoms with van der Waals surface area (Å²) in [5.74, 6) is -0.150. The molecule has 0 aliphatic carbocycles. The molecular weight excluding hydrogens is 374 g/mol. The zero-order chi connectivity index (χ0) is 19.9. The number of aromatic nitrogens is 1. The van der Waals surface area contributed by atoms with E-state index in [4.69, 9.17) is 4.74 Å². The summed E-state index contributed by atoms with van der Waals surface area (Å²) in [6.45, 7) is 2.91. The maximum atomic E-state index is 12.3. The van der Waals surface area contributed by atoms with E-state index in [0.717, 1.165) is 27.8 Å². The number of benzene rings is 2. The quantitative estimate of drug-likeness (QED) is 0.561. The minimum Gasteiger partial charge on any atom is -0.383 e. The Balaban J connectivity index is 1.80. The Hall–Kier alpha value is -2.77. The molecule has 0 saturated heterocycles. The largest absolute Gasteiger partial charge is 0.383 e. The van der Waals surface area contributed by atoms with E-state index in [2.05, 4.69) is 15.6 Å². The number of thiazole rings is 1. The molecule has 0 atom stereocenters. The van der Waals surface area contributed by atoms with Crippen LogP contribution in [0, 0.1) is 0 Å². The van der Waals surface area contributed by atoms with Gasteiger partial charge in [-0.2, -0.15) is 0 Å². The number of rotatable bonds is 8. The average Bonchev–Trinajstić information content (AvgIpc) is 3.09. The molecule has 2 aromatic carbocycles. The van der Waals surface area contributed by atoms with Crippen LogP contribution >= 0.6 is 11.3 Å².